The van der Waals surface area contributed by atoms with Gasteiger partial charge in [0.05, 0.1) is 5.03 Å². The van der Waals surface area contributed by atoms with E-state index in [4.69, 9.17) is 0 Å². The summed E-state index contributed by atoms with van der Waals surface area (Å²) >= 11 is 0.878. The van der Waals surface area contributed by atoms with E-state index in [0.717, 1.165) is 11.8 Å². The number of hydrogen-bond donors (Lipinski definition) is 1. The first-order chi connectivity index (χ1) is 9.99. The number of nitrogens with one attached hydrogen (secondary N) is 1. The van der Waals surface area contributed by atoms with Gasteiger partial charge < -0.3 is 14.8 Å². The van der Waals surface area contributed by atoms with Crippen molar-refractivity contribution >= 4 is 23.7 Å². The van der Waals surface area contributed by atoms with Gasteiger partial charge in [-0.25, -0.2) is 9.59 Å². The Morgan fingerprint density at radius 2 is 1.45 bits per heavy atom. The van der Waals surface area contributed by atoms with Gasteiger partial charge in [-0.2, -0.15) is 26.3 Å². The van der Waals surface area contributed by atoms with Crippen LogP contribution in [-0.4, -0.2) is 49.8 Å². The highest BCUT2D eigenvalue weighted by Gasteiger charge is 2.36. The molecule has 0 saturated carbocycles. The van der Waals surface area contributed by atoms with Gasteiger partial charge in [0.25, 0.3) is 0 Å². The predicted octanol–water partition coefficient (Wildman–Crippen LogP) is 1.75. The van der Waals surface area contributed by atoms with E-state index >= 15 is 0 Å². The zero-order valence-corrected chi connectivity index (χ0v) is 11.5. The molecule has 0 aromatic carbocycles. The smallest absolute Gasteiger partial charge is 0.422 e. The number of alkyl halides is 6. The molecule has 1 rings (SSSR count). The minimum absolute atomic E-state index is 0.181. The van der Waals surface area contributed by atoms with Gasteiger partial charge in [0, 0.05) is 12.3 Å². The summed E-state index contributed by atoms with van der Waals surface area (Å²) in [5.74, 6) is -3.04. The summed E-state index contributed by atoms with van der Waals surface area (Å²) in [6.07, 6.45) is -9.67. The number of thioether (sulfide) groups is 1. The Bertz CT molecular complexity index is 433. The summed E-state index contributed by atoms with van der Waals surface area (Å²) in [6, 6.07) is 0. The van der Waals surface area contributed by atoms with E-state index in [1.807, 2.05) is 0 Å². The molecule has 1 saturated heterocycles. The molecule has 1 aliphatic rings. The molecule has 0 bridgehead atoms. The van der Waals surface area contributed by atoms with Gasteiger partial charge in [0.2, 0.25) is 0 Å². The molecule has 0 amide bonds. The van der Waals surface area contributed by atoms with E-state index in [2.05, 4.69) is 14.8 Å². The van der Waals surface area contributed by atoms with E-state index in [0.29, 0.717) is 5.75 Å². The lowest BCUT2D eigenvalue weighted by Gasteiger charge is -2.13. The molecular weight excluding hydrogens is 344 g/mol. The maximum Gasteiger partial charge on any atom is 0.422 e. The quantitative estimate of drug-likeness (QED) is 0.273. The van der Waals surface area contributed by atoms with Crippen molar-refractivity contribution in [2.24, 2.45) is 0 Å². The number of carbonyl (C=O) groups is 2. The van der Waals surface area contributed by atoms with Gasteiger partial charge in [0.15, 0.2) is 18.8 Å². The van der Waals surface area contributed by atoms with Gasteiger partial charge >= 0.3 is 24.3 Å². The van der Waals surface area contributed by atoms with Crippen molar-refractivity contribution in [2.75, 3.05) is 25.5 Å². The SMILES string of the molecule is O=C(OCC(F)(F)F)C(C(=O)OCC(F)(F)F)=C1NCCS1. The number of ether oxygens (including phenoxy) is 2. The fourth-order valence-corrected chi connectivity index (χ4v) is 2.16. The lowest BCUT2D eigenvalue weighted by Crippen LogP contribution is -2.29. The Labute approximate surface area is 124 Å². The normalized spacial score (nSPS) is 15.3. The van der Waals surface area contributed by atoms with Crippen LogP contribution in [0.1, 0.15) is 0 Å². The van der Waals surface area contributed by atoms with Crippen molar-refractivity contribution < 1.29 is 45.4 Å². The van der Waals surface area contributed by atoms with Crippen LogP contribution >= 0.6 is 11.8 Å². The van der Waals surface area contributed by atoms with Gasteiger partial charge in [0.1, 0.15) is 0 Å². The minimum Gasteiger partial charge on any atom is -0.452 e. The molecule has 0 aliphatic carbocycles. The average Bonchev–Trinajstić information content (AvgIpc) is 2.86. The second kappa shape index (κ2) is 7.11. The Morgan fingerprint density at radius 1 is 1.00 bits per heavy atom. The van der Waals surface area contributed by atoms with Crippen LogP contribution in [0.15, 0.2) is 10.6 Å². The molecule has 22 heavy (non-hydrogen) atoms. The highest BCUT2D eigenvalue weighted by Crippen LogP contribution is 2.25. The van der Waals surface area contributed by atoms with Crippen molar-refractivity contribution in [1.82, 2.24) is 5.32 Å². The monoisotopic (exact) mass is 353 g/mol. The Balaban J connectivity index is 2.83. The lowest BCUT2D eigenvalue weighted by atomic mass is 10.3. The van der Waals surface area contributed by atoms with E-state index < -0.39 is 43.1 Å². The molecule has 0 atom stereocenters. The van der Waals surface area contributed by atoms with Crippen LogP contribution < -0.4 is 5.32 Å². The van der Waals surface area contributed by atoms with Crippen LogP contribution in [0, 0.1) is 0 Å². The van der Waals surface area contributed by atoms with Crippen LogP contribution in [0.2, 0.25) is 0 Å². The molecule has 12 heteroatoms. The largest absolute Gasteiger partial charge is 0.452 e. The standard InChI is InChI=1S/C10H9F6NO4S/c11-9(12,13)3-20-7(18)5(6-17-1-2-22-6)8(19)21-4-10(14,15)16/h17H,1-4H2. The number of esters is 2. The summed E-state index contributed by atoms with van der Waals surface area (Å²) < 4.78 is 79.7. The summed E-state index contributed by atoms with van der Waals surface area (Å²) in [5, 5.41) is 2.31. The second-order valence-corrected chi connectivity index (χ2v) is 4.97. The zero-order chi connectivity index (χ0) is 17.0. The molecule has 5 nitrogen and oxygen atoms in total. The Kier molecular flexibility index (Phi) is 5.97. The molecule has 0 aromatic rings. The number of carbonyl (C=O) groups excluding carboxylic acids is 2. The average molecular weight is 353 g/mol. The van der Waals surface area contributed by atoms with Crippen LogP contribution in [-0.2, 0) is 19.1 Å². The number of rotatable bonds is 4. The first kappa shape index (κ1) is 18.5. The highest BCUT2D eigenvalue weighted by atomic mass is 32.2. The molecule has 1 fully saturated rings. The van der Waals surface area contributed by atoms with Crippen LogP contribution in [0.5, 0.6) is 0 Å². The second-order valence-electron chi connectivity index (χ2n) is 3.86. The molecule has 1 N–H and O–H groups in total. The molecule has 0 spiro atoms. The number of halogens is 6. The van der Waals surface area contributed by atoms with Gasteiger partial charge in [-0.1, -0.05) is 0 Å². The van der Waals surface area contributed by atoms with E-state index in [1.165, 1.54) is 0 Å². The van der Waals surface area contributed by atoms with E-state index in [9.17, 15) is 35.9 Å². The molecule has 1 aliphatic heterocycles. The fourth-order valence-electron chi connectivity index (χ4n) is 1.24. The maximum absolute atomic E-state index is 12.0. The van der Waals surface area contributed by atoms with Crippen LogP contribution in [0.25, 0.3) is 0 Å². The van der Waals surface area contributed by atoms with E-state index in [1.54, 1.807) is 0 Å². The third kappa shape index (κ3) is 6.45. The maximum atomic E-state index is 12.0. The highest BCUT2D eigenvalue weighted by molar-refractivity contribution is 8.03. The van der Waals surface area contributed by atoms with Crippen molar-refractivity contribution in [1.29, 1.82) is 0 Å². The van der Waals surface area contributed by atoms with Crippen LogP contribution in [0.4, 0.5) is 26.3 Å². The van der Waals surface area contributed by atoms with Crippen molar-refractivity contribution in [3.8, 4) is 0 Å². The first-order valence-electron chi connectivity index (χ1n) is 5.58. The molecular formula is C10H9F6NO4S. The Hall–Kier alpha value is -1.59. The summed E-state index contributed by atoms with van der Waals surface area (Å²) in [7, 11) is 0. The third-order valence-corrected chi connectivity index (χ3v) is 3.05. The Morgan fingerprint density at radius 3 is 1.77 bits per heavy atom. The zero-order valence-electron chi connectivity index (χ0n) is 10.6. The summed E-state index contributed by atoms with van der Waals surface area (Å²) in [5.41, 5.74) is -1.02. The predicted molar refractivity (Wildman–Crippen MR) is 61.5 cm³/mol. The topological polar surface area (TPSA) is 64.6 Å². The molecule has 126 valence electrons. The first-order valence-corrected chi connectivity index (χ1v) is 6.57. The molecule has 0 radical (unpaired) electrons. The van der Waals surface area contributed by atoms with Crippen molar-refractivity contribution in [2.45, 2.75) is 12.4 Å². The molecule has 1 heterocycles. The van der Waals surface area contributed by atoms with Crippen molar-refractivity contribution in [3.05, 3.63) is 10.6 Å². The van der Waals surface area contributed by atoms with Gasteiger partial charge in [-0.05, 0) is 0 Å². The van der Waals surface area contributed by atoms with Crippen LogP contribution in [0.3, 0.4) is 0 Å². The van der Waals surface area contributed by atoms with E-state index in [-0.39, 0.29) is 11.6 Å². The summed E-state index contributed by atoms with van der Waals surface area (Å²) in [6.45, 7) is -3.66. The fraction of sp³-hybridized carbons (Fsp3) is 0.600. The van der Waals surface area contributed by atoms with Gasteiger partial charge in [-0.3, -0.25) is 0 Å². The van der Waals surface area contributed by atoms with Crippen molar-refractivity contribution in [3.63, 3.8) is 0 Å². The summed E-state index contributed by atoms with van der Waals surface area (Å²) in [4.78, 5) is 23.1. The minimum atomic E-state index is -4.84. The van der Waals surface area contributed by atoms with Gasteiger partial charge in [-0.15, -0.1) is 11.8 Å². The molecule has 0 aromatic heterocycles. The number of hydrogen-bond acceptors (Lipinski definition) is 6. The molecule has 0 unspecified atom stereocenters. The third-order valence-electron chi connectivity index (χ3n) is 2.00. The lowest BCUT2D eigenvalue weighted by molar-refractivity contribution is -0.189.